The molecule has 50 heavy (non-hydrogen) atoms. The van der Waals surface area contributed by atoms with Gasteiger partial charge in [-0.1, -0.05) is 67.6 Å². The number of rotatable bonds is 14. The van der Waals surface area contributed by atoms with Crippen LogP contribution in [0.5, 0.6) is 11.5 Å². The van der Waals surface area contributed by atoms with Crippen LogP contribution in [0.25, 0.3) is 11.3 Å². The van der Waals surface area contributed by atoms with Crippen molar-refractivity contribution in [3.63, 3.8) is 0 Å². The number of carbonyl (C=O) groups excluding carboxylic acids is 4. The van der Waals surface area contributed by atoms with Crippen LogP contribution < -0.4 is 26.4 Å². The van der Waals surface area contributed by atoms with Crippen LogP contribution in [0, 0.1) is 5.92 Å². The summed E-state index contributed by atoms with van der Waals surface area (Å²) in [5.74, 6) is -0.842. The van der Waals surface area contributed by atoms with E-state index in [1.165, 1.54) is 4.90 Å². The molecule has 0 spiro atoms. The van der Waals surface area contributed by atoms with E-state index in [2.05, 4.69) is 26.3 Å². The molecule has 3 aromatic carbocycles. The molecule has 1 aromatic heterocycles. The molecule has 4 amide bonds. The van der Waals surface area contributed by atoms with Gasteiger partial charge >= 0.3 is 0 Å². The van der Waals surface area contributed by atoms with Gasteiger partial charge < -0.3 is 31.3 Å². The number of aromatic nitrogens is 3. The van der Waals surface area contributed by atoms with Gasteiger partial charge in [0.1, 0.15) is 35.3 Å². The highest BCUT2D eigenvalue weighted by molar-refractivity contribution is 5.95. The number of nitrogens with zero attached hydrogens (tertiary/aromatic N) is 4. The first kappa shape index (κ1) is 35.7. The lowest BCUT2D eigenvalue weighted by Gasteiger charge is -2.31. The Morgan fingerprint density at radius 2 is 1.54 bits per heavy atom. The predicted molar refractivity (Wildman–Crippen MR) is 188 cm³/mol. The summed E-state index contributed by atoms with van der Waals surface area (Å²) in [5.41, 5.74) is 7.95. The first-order valence-corrected chi connectivity index (χ1v) is 16.7. The Balaban J connectivity index is 1.37. The molecule has 1 aliphatic heterocycles. The number of carbonyl (C=O) groups is 4. The molecule has 2 heterocycles. The number of ether oxygens (including phenoxy) is 1. The van der Waals surface area contributed by atoms with Crippen molar-refractivity contribution in [1.82, 2.24) is 35.8 Å². The van der Waals surface area contributed by atoms with Crippen molar-refractivity contribution < 1.29 is 23.9 Å². The van der Waals surface area contributed by atoms with Crippen molar-refractivity contribution in [3.8, 4) is 22.8 Å². The van der Waals surface area contributed by atoms with Gasteiger partial charge in [-0.25, -0.2) is 4.68 Å². The maximum Gasteiger partial charge on any atom is 0.246 e. The first-order chi connectivity index (χ1) is 24.0. The minimum atomic E-state index is -0.996. The standard InChI is InChI=1S/C37H44N8O5/c1-23(2)33(41-35(47)24(3)39-4)37(49)44-21-27(20-32(44)36(48)40-30(34(38)46)19-25-11-7-5-8-12-25)45-22-31(42-43-45)26-15-17-29(18-16-26)50-28-13-9-6-10-14-28/h5-18,22-24,27,30,32-33,39H,19-21H2,1-4H3,(H2,38,46)(H,40,48)(H,41,47)/t24-,27-,30-,32-,33-/m0/s1. The molecule has 1 aliphatic rings. The lowest BCUT2D eigenvalue weighted by atomic mass is 10.0. The third-order valence-electron chi connectivity index (χ3n) is 8.88. The molecule has 0 radical (unpaired) electrons. The Morgan fingerprint density at radius 3 is 2.16 bits per heavy atom. The molecule has 1 saturated heterocycles. The smallest absolute Gasteiger partial charge is 0.246 e. The number of nitrogens with two attached hydrogens (primary N) is 1. The Morgan fingerprint density at radius 1 is 0.900 bits per heavy atom. The third kappa shape index (κ3) is 8.72. The number of benzene rings is 3. The zero-order valence-corrected chi connectivity index (χ0v) is 28.7. The lowest BCUT2D eigenvalue weighted by molar-refractivity contribution is -0.143. The van der Waals surface area contributed by atoms with E-state index in [1.807, 2.05) is 98.8 Å². The Hall–Kier alpha value is -5.56. The van der Waals surface area contributed by atoms with E-state index in [0.29, 0.717) is 11.4 Å². The van der Waals surface area contributed by atoms with Gasteiger partial charge in [-0.2, -0.15) is 0 Å². The number of primary amides is 1. The second-order valence-corrected chi connectivity index (χ2v) is 12.8. The number of para-hydroxylation sites is 1. The second-order valence-electron chi connectivity index (χ2n) is 12.8. The zero-order valence-electron chi connectivity index (χ0n) is 28.7. The van der Waals surface area contributed by atoms with Crippen LogP contribution >= 0.6 is 0 Å². The molecule has 5 rings (SSSR count). The summed E-state index contributed by atoms with van der Waals surface area (Å²) in [6.07, 6.45) is 2.17. The molecule has 0 bridgehead atoms. The van der Waals surface area contributed by atoms with Crippen molar-refractivity contribution in [1.29, 1.82) is 0 Å². The van der Waals surface area contributed by atoms with Crippen LogP contribution in [0.2, 0.25) is 0 Å². The van der Waals surface area contributed by atoms with E-state index in [4.69, 9.17) is 10.5 Å². The predicted octanol–water partition coefficient (Wildman–Crippen LogP) is 2.84. The van der Waals surface area contributed by atoms with Crippen LogP contribution in [0.3, 0.4) is 0 Å². The minimum absolute atomic E-state index is 0.129. The number of likely N-dealkylation sites (tertiary alicyclic amines) is 1. The fourth-order valence-electron chi connectivity index (χ4n) is 5.85. The van der Waals surface area contributed by atoms with E-state index in [9.17, 15) is 19.2 Å². The maximum absolute atomic E-state index is 14.2. The average Bonchev–Trinajstić information content (AvgIpc) is 3.79. The van der Waals surface area contributed by atoms with Gasteiger partial charge in [-0.05, 0) is 61.9 Å². The molecular formula is C37H44N8O5. The number of amides is 4. The van der Waals surface area contributed by atoms with E-state index in [-0.39, 0.29) is 31.2 Å². The van der Waals surface area contributed by atoms with Gasteiger partial charge in [-0.3, -0.25) is 19.2 Å². The van der Waals surface area contributed by atoms with Crippen LogP contribution in [0.15, 0.2) is 91.1 Å². The molecule has 1 fully saturated rings. The number of hydrogen-bond donors (Lipinski definition) is 4. The molecule has 4 aromatic rings. The van der Waals surface area contributed by atoms with Gasteiger partial charge in [0, 0.05) is 24.9 Å². The highest BCUT2D eigenvalue weighted by atomic mass is 16.5. The fourth-order valence-corrected chi connectivity index (χ4v) is 5.85. The summed E-state index contributed by atoms with van der Waals surface area (Å²) < 4.78 is 7.56. The van der Waals surface area contributed by atoms with E-state index >= 15 is 0 Å². The largest absolute Gasteiger partial charge is 0.457 e. The summed E-state index contributed by atoms with van der Waals surface area (Å²) in [4.78, 5) is 54.9. The summed E-state index contributed by atoms with van der Waals surface area (Å²) in [6, 6.07) is 22.3. The zero-order chi connectivity index (χ0) is 35.8. The molecule has 0 aliphatic carbocycles. The summed E-state index contributed by atoms with van der Waals surface area (Å²) in [5, 5.41) is 17.3. The number of nitrogens with one attached hydrogen (secondary N) is 3. The molecule has 13 nitrogen and oxygen atoms in total. The highest BCUT2D eigenvalue weighted by Crippen LogP contribution is 2.31. The quantitative estimate of drug-likeness (QED) is 0.157. The van der Waals surface area contributed by atoms with Crippen LogP contribution in [-0.2, 0) is 25.6 Å². The molecule has 0 saturated carbocycles. The van der Waals surface area contributed by atoms with Crippen molar-refractivity contribution in [2.45, 2.75) is 63.8 Å². The topological polar surface area (TPSA) is 174 Å². The Labute approximate surface area is 291 Å². The SMILES string of the molecule is CN[C@@H](C)C(=O)N[C@H](C(=O)N1C[C@@H](n2cc(-c3ccc(Oc4ccccc4)cc3)nn2)C[C@H]1C(=O)N[C@@H](Cc1ccccc1)C(N)=O)C(C)C. The van der Waals surface area contributed by atoms with Crippen LogP contribution in [-0.4, -0.2) is 81.3 Å². The van der Waals surface area contributed by atoms with Crippen molar-refractivity contribution in [2.75, 3.05) is 13.6 Å². The van der Waals surface area contributed by atoms with Crippen LogP contribution in [0.1, 0.15) is 38.8 Å². The summed E-state index contributed by atoms with van der Waals surface area (Å²) >= 11 is 0. The van der Waals surface area contributed by atoms with Crippen molar-refractivity contribution in [3.05, 3.63) is 96.7 Å². The van der Waals surface area contributed by atoms with Gasteiger partial charge in [0.2, 0.25) is 23.6 Å². The monoisotopic (exact) mass is 680 g/mol. The number of hydrogen-bond acceptors (Lipinski definition) is 8. The molecular weight excluding hydrogens is 636 g/mol. The molecule has 262 valence electrons. The van der Waals surface area contributed by atoms with E-state index < -0.39 is 47.9 Å². The van der Waals surface area contributed by atoms with Gasteiger partial charge in [-0.15, -0.1) is 5.10 Å². The summed E-state index contributed by atoms with van der Waals surface area (Å²) in [6.45, 7) is 5.49. The normalized spacial score (nSPS) is 17.5. The number of likely N-dealkylation sites (N-methyl/N-ethyl adjacent to an activating group) is 1. The van der Waals surface area contributed by atoms with E-state index in [0.717, 1.165) is 16.9 Å². The van der Waals surface area contributed by atoms with Gasteiger partial charge in [0.05, 0.1) is 18.3 Å². The molecule has 0 unspecified atom stereocenters. The minimum Gasteiger partial charge on any atom is -0.457 e. The highest BCUT2D eigenvalue weighted by Gasteiger charge is 2.44. The Kier molecular flexibility index (Phi) is 11.6. The Bertz CT molecular complexity index is 1760. The van der Waals surface area contributed by atoms with Crippen molar-refractivity contribution >= 4 is 23.6 Å². The molecule has 5 N–H and O–H groups in total. The third-order valence-corrected chi connectivity index (χ3v) is 8.88. The van der Waals surface area contributed by atoms with Gasteiger partial charge in [0.25, 0.3) is 0 Å². The lowest BCUT2D eigenvalue weighted by Crippen LogP contribution is -2.58. The average molecular weight is 681 g/mol. The summed E-state index contributed by atoms with van der Waals surface area (Å²) in [7, 11) is 1.66. The maximum atomic E-state index is 14.2. The van der Waals surface area contributed by atoms with Crippen molar-refractivity contribution in [2.24, 2.45) is 11.7 Å². The fraction of sp³-hybridized carbons (Fsp3) is 0.351. The molecule has 13 heteroatoms. The first-order valence-electron chi connectivity index (χ1n) is 16.7. The van der Waals surface area contributed by atoms with Gasteiger partial charge in [0.15, 0.2) is 0 Å². The van der Waals surface area contributed by atoms with E-state index in [1.54, 1.807) is 24.9 Å². The molecule has 5 atom stereocenters. The van der Waals surface area contributed by atoms with Crippen LogP contribution in [0.4, 0.5) is 0 Å². The second kappa shape index (κ2) is 16.2.